The molecule has 0 aliphatic heterocycles. The number of thiazole rings is 1. The summed E-state index contributed by atoms with van der Waals surface area (Å²) in [6.45, 7) is 1.37. The average molecular weight is 439 g/mol. The van der Waals surface area contributed by atoms with Crippen LogP contribution in [0, 0.1) is 0 Å². The van der Waals surface area contributed by atoms with Gasteiger partial charge in [0.25, 0.3) is 10.1 Å². The van der Waals surface area contributed by atoms with Crippen LogP contribution in [-0.4, -0.2) is 29.6 Å². The van der Waals surface area contributed by atoms with Gasteiger partial charge in [0.2, 0.25) is 5.91 Å². The highest BCUT2D eigenvalue weighted by atomic mass is 35.5. The number of benzene rings is 2. The molecule has 0 spiro atoms. The highest BCUT2D eigenvalue weighted by Gasteiger charge is 2.16. The first-order valence-corrected chi connectivity index (χ1v) is 11.0. The Hall–Kier alpha value is -2.26. The Bertz CT molecular complexity index is 1030. The van der Waals surface area contributed by atoms with Gasteiger partial charge >= 0.3 is 0 Å². The third-order valence-corrected chi connectivity index (χ3v) is 5.62. The molecule has 148 valence electrons. The highest BCUT2D eigenvalue weighted by molar-refractivity contribution is 7.85. The lowest BCUT2D eigenvalue weighted by Gasteiger charge is -2.00. The first kappa shape index (κ1) is 22.0. The van der Waals surface area contributed by atoms with E-state index < -0.39 is 10.1 Å². The molecule has 3 aromatic rings. The molecule has 0 fully saturated rings. The van der Waals surface area contributed by atoms with E-state index in [1.54, 1.807) is 0 Å². The number of nitrogens with zero attached hydrogens (tertiary/aromatic N) is 1. The lowest BCUT2D eigenvalue weighted by Crippen LogP contribution is -2.13. The molecule has 3 N–H and O–H groups in total. The summed E-state index contributed by atoms with van der Waals surface area (Å²) in [4.78, 5) is 16.9. The van der Waals surface area contributed by atoms with E-state index in [1.807, 2.05) is 54.6 Å². The summed E-state index contributed by atoms with van der Waals surface area (Å²) in [6, 6.07) is 17.3. The largest absolute Gasteiger partial charge is 0.369 e. The van der Waals surface area contributed by atoms with Gasteiger partial charge in [0, 0.05) is 21.0 Å². The number of carbonyl (C=O) groups excluding carboxylic acids is 1. The predicted octanol–water partition coefficient (Wildman–Crippen LogP) is 4.05. The fraction of sp³-hybridized carbons (Fsp3) is 0.158. The summed E-state index contributed by atoms with van der Waals surface area (Å²) in [5, 5.41) is 1.54. The minimum absolute atomic E-state index is 0.183. The van der Waals surface area contributed by atoms with Crippen molar-refractivity contribution in [3.63, 3.8) is 0 Å². The number of carbonyl (C=O) groups is 1. The van der Waals surface area contributed by atoms with E-state index in [9.17, 15) is 13.2 Å². The van der Waals surface area contributed by atoms with E-state index in [2.05, 4.69) is 0 Å². The number of nitrogens with two attached hydrogens (primary N) is 1. The molecule has 9 heteroatoms. The van der Waals surface area contributed by atoms with Crippen molar-refractivity contribution in [3.05, 3.63) is 64.5 Å². The first-order chi connectivity index (χ1) is 13.2. The molecular weight excluding hydrogens is 420 g/mol. The lowest BCUT2D eigenvalue weighted by molar-refractivity contribution is -0.117. The smallest absolute Gasteiger partial charge is 0.264 e. The monoisotopic (exact) mass is 438 g/mol. The number of rotatable bonds is 5. The maximum Gasteiger partial charge on any atom is 0.264 e. The first-order valence-electron chi connectivity index (χ1n) is 8.24. The Balaban J connectivity index is 0.000000409. The normalized spacial score (nSPS) is 10.8. The van der Waals surface area contributed by atoms with Crippen LogP contribution in [0.5, 0.6) is 0 Å². The standard InChI is InChI=1S/C17H13ClN2OS.C2H6O3S/c18-13-8-6-11(7-9-13)16-14(10-15(19)21)22-17(20-16)12-4-2-1-3-5-12;1-2-6(3,4)5/h1-9H,10H2,(H2,19,21);2H2,1H3,(H,3,4,5). The van der Waals surface area contributed by atoms with Crippen LogP contribution >= 0.6 is 22.9 Å². The minimum Gasteiger partial charge on any atom is -0.369 e. The fourth-order valence-corrected chi connectivity index (χ4v) is 3.39. The Kier molecular flexibility index (Phi) is 7.70. The van der Waals surface area contributed by atoms with Gasteiger partial charge in [-0.2, -0.15) is 8.42 Å². The molecule has 0 saturated carbocycles. The molecule has 0 unspecified atom stereocenters. The number of hydrogen-bond acceptors (Lipinski definition) is 5. The van der Waals surface area contributed by atoms with Crippen molar-refractivity contribution in [3.8, 4) is 21.8 Å². The SMILES string of the molecule is CCS(=O)(=O)O.NC(=O)Cc1sc(-c2ccccc2)nc1-c1ccc(Cl)cc1. The number of hydrogen-bond donors (Lipinski definition) is 2. The summed E-state index contributed by atoms with van der Waals surface area (Å²) >= 11 is 7.43. The van der Waals surface area contributed by atoms with Crippen LogP contribution in [0.15, 0.2) is 54.6 Å². The zero-order valence-corrected chi connectivity index (χ0v) is 17.4. The Morgan fingerprint density at radius 3 is 2.18 bits per heavy atom. The Morgan fingerprint density at radius 2 is 1.68 bits per heavy atom. The highest BCUT2D eigenvalue weighted by Crippen LogP contribution is 2.34. The van der Waals surface area contributed by atoms with Crippen LogP contribution in [0.2, 0.25) is 5.02 Å². The molecule has 1 amide bonds. The molecule has 1 aromatic heterocycles. The topological polar surface area (TPSA) is 110 Å². The lowest BCUT2D eigenvalue weighted by atomic mass is 10.1. The molecule has 6 nitrogen and oxygen atoms in total. The van der Waals surface area contributed by atoms with Gasteiger partial charge in [0.1, 0.15) is 5.01 Å². The van der Waals surface area contributed by atoms with E-state index in [4.69, 9.17) is 26.9 Å². The van der Waals surface area contributed by atoms with E-state index in [1.165, 1.54) is 18.3 Å². The zero-order chi connectivity index (χ0) is 20.7. The van der Waals surface area contributed by atoms with Crippen LogP contribution in [0.4, 0.5) is 0 Å². The molecule has 28 heavy (non-hydrogen) atoms. The van der Waals surface area contributed by atoms with Crippen molar-refractivity contribution in [1.82, 2.24) is 4.98 Å². The van der Waals surface area contributed by atoms with Gasteiger partial charge < -0.3 is 5.73 Å². The van der Waals surface area contributed by atoms with Crippen LogP contribution < -0.4 is 5.73 Å². The van der Waals surface area contributed by atoms with Crippen molar-refractivity contribution in [2.24, 2.45) is 5.73 Å². The molecule has 0 saturated heterocycles. The molecule has 0 aliphatic rings. The summed E-state index contributed by atoms with van der Waals surface area (Å²) in [7, 11) is -3.66. The third kappa shape index (κ3) is 6.72. The van der Waals surface area contributed by atoms with Gasteiger partial charge in [0.15, 0.2) is 0 Å². The number of amides is 1. The molecule has 2 aromatic carbocycles. The molecule has 0 atom stereocenters. The quantitative estimate of drug-likeness (QED) is 0.583. The Morgan fingerprint density at radius 1 is 1.11 bits per heavy atom. The van der Waals surface area contributed by atoms with Crippen molar-refractivity contribution < 1.29 is 17.8 Å². The van der Waals surface area contributed by atoms with Gasteiger partial charge in [-0.3, -0.25) is 9.35 Å². The predicted molar refractivity (Wildman–Crippen MR) is 113 cm³/mol. The number of aromatic nitrogens is 1. The van der Waals surface area contributed by atoms with E-state index in [-0.39, 0.29) is 18.1 Å². The van der Waals surface area contributed by atoms with E-state index in [0.29, 0.717) is 5.02 Å². The van der Waals surface area contributed by atoms with E-state index in [0.717, 1.165) is 26.7 Å². The average Bonchev–Trinajstić information content (AvgIpc) is 3.06. The molecular formula is C19H19ClN2O4S2. The summed E-state index contributed by atoms with van der Waals surface area (Å²) < 4.78 is 26.9. The molecule has 0 radical (unpaired) electrons. The van der Waals surface area contributed by atoms with E-state index >= 15 is 0 Å². The Labute approximate surface area is 172 Å². The molecule has 3 rings (SSSR count). The van der Waals surface area contributed by atoms with Crippen LogP contribution in [0.1, 0.15) is 11.8 Å². The molecule has 1 heterocycles. The van der Waals surface area contributed by atoms with Crippen LogP contribution in [0.25, 0.3) is 21.8 Å². The minimum atomic E-state index is -3.66. The van der Waals surface area contributed by atoms with Crippen molar-refractivity contribution in [2.75, 3.05) is 5.75 Å². The molecule has 0 aliphatic carbocycles. The third-order valence-electron chi connectivity index (χ3n) is 3.54. The van der Waals surface area contributed by atoms with Crippen molar-refractivity contribution in [2.45, 2.75) is 13.3 Å². The second-order valence-corrected chi connectivity index (χ2v) is 8.94. The van der Waals surface area contributed by atoms with Gasteiger partial charge in [-0.1, -0.05) is 54.1 Å². The summed E-state index contributed by atoms with van der Waals surface area (Å²) in [5.41, 5.74) is 8.11. The van der Waals surface area contributed by atoms with Gasteiger partial charge in [-0.05, 0) is 19.1 Å². The summed E-state index contributed by atoms with van der Waals surface area (Å²) in [5.74, 6) is -0.564. The second kappa shape index (κ2) is 9.79. The van der Waals surface area contributed by atoms with Gasteiger partial charge in [0.05, 0.1) is 17.9 Å². The fourth-order valence-electron chi connectivity index (χ4n) is 2.17. The molecule has 0 bridgehead atoms. The zero-order valence-electron chi connectivity index (χ0n) is 15.0. The maximum atomic E-state index is 11.3. The summed E-state index contributed by atoms with van der Waals surface area (Å²) in [6.07, 6.45) is 0.183. The van der Waals surface area contributed by atoms with Crippen molar-refractivity contribution in [1.29, 1.82) is 0 Å². The van der Waals surface area contributed by atoms with Gasteiger partial charge in [-0.15, -0.1) is 11.3 Å². The van der Waals surface area contributed by atoms with Gasteiger partial charge in [-0.25, -0.2) is 4.98 Å². The number of halogens is 1. The maximum absolute atomic E-state index is 11.3. The van der Waals surface area contributed by atoms with Crippen LogP contribution in [-0.2, 0) is 21.3 Å². The van der Waals surface area contributed by atoms with Crippen LogP contribution in [0.3, 0.4) is 0 Å². The van der Waals surface area contributed by atoms with Crippen molar-refractivity contribution >= 4 is 39.0 Å². The number of primary amides is 1. The second-order valence-electron chi connectivity index (χ2n) is 5.68.